The Morgan fingerprint density at radius 2 is 1.61 bits per heavy atom. The van der Waals surface area contributed by atoms with E-state index in [2.05, 4.69) is 13.2 Å². The highest BCUT2D eigenvalue weighted by Gasteiger charge is 2.12. The molecule has 0 atom stereocenters. The first-order valence-electron chi connectivity index (χ1n) is 5.11. The van der Waals surface area contributed by atoms with Crippen LogP contribution in [0.2, 0.25) is 0 Å². The van der Waals surface area contributed by atoms with Crippen LogP contribution in [-0.4, -0.2) is 34.2 Å². The van der Waals surface area contributed by atoms with E-state index in [1.54, 1.807) is 0 Å². The monoisotopic (exact) mass is 256 g/mol. The topological polar surface area (TPSA) is 109 Å². The average molecular weight is 256 g/mol. The Morgan fingerprint density at radius 1 is 1.11 bits per heavy atom. The molecular weight excluding hydrogens is 240 g/mol. The van der Waals surface area contributed by atoms with E-state index < -0.39 is 17.7 Å². The maximum atomic E-state index is 11.0. The van der Waals surface area contributed by atoms with Crippen molar-refractivity contribution in [3.8, 4) is 0 Å². The standard InChI is InChI=1S/C9H12O4.C3H4O2/c1-7(9(12)13)8(11)5-3-2-4-6-10;1-2-3(4)5/h6H,1-5H2,(H,12,13);2H,1H2,(H,4,5). The molecule has 0 fully saturated rings. The Labute approximate surface area is 105 Å². The number of carboxylic acids is 2. The van der Waals surface area contributed by atoms with Crippen molar-refractivity contribution in [1.82, 2.24) is 0 Å². The van der Waals surface area contributed by atoms with E-state index >= 15 is 0 Å². The number of carbonyl (C=O) groups excluding carboxylic acids is 2. The lowest BCUT2D eigenvalue weighted by Crippen LogP contribution is -2.10. The number of carboxylic acid groups (broad SMARTS) is 2. The molecule has 0 radical (unpaired) electrons. The van der Waals surface area contributed by atoms with Crippen LogP contribution in [0.3, 0.4) is 0 Å². The van der Waals surface area contributed by atoms with E-state index in [-0.39, 0.29) is 12.0 Å². The van der Waals surface area contributed by atoms with Crippen LogP contribution in [0.4, 0.5) is 0 Å². The van der Waals surface area contributed by atoms with Crippen LogP contribution < -0.4 is 0 Å². The number of aldehydes is 1. The molecule has 2 N–H and O–H groups in total. The maximum absolute atomic E-state index is 11.0. The minimum Gasteiger partial charge on any atom is -0.478 e. The SMILES string of the molecule is C=C(C(=O)O)C(=O)CCCCC=O.C=CC(=O)O. The molecule has 6 nitrogen and oxygen atoms in total. The summed E-state index contributed by atoms with van der Waals surface area (Å²) in [6.45, 7) is 6.10. The average Bonchev–Trinajstić information content (AvgIpc) is 2.33. The van der Waals surface area contributed by atoms with Gasteiger partial charge < -0.3 is 15.0 Å². The van der Waals surface area contributed by atoms with Crippen molar-refractivity contribution in [2.24, 2.45) is 0 Å². The van der Waals surface area contributed by atoms with Crippen LogP contribution in [0.25, 0.3) is 0 Å². The normalized spacial score (nSPS) is 8.44. The number of Topliss-reactive ketones (excluding diaryl/α,β-unsaturated/α-hetero) is 1. The summed E-state index contributed by atoms with van der Waals surface area (Å²) < 4.78 is 0. The van der Waals surface area contributed by atoms with Crippen LogP contribution in [0.5, 0.6) is 0 Å². The summed E-state index contributed by atoms with van der Waals surface area (Å²) in [7, 11) is 0. The zero-order chi connectivity index (χ0) is 14.6. The van der Waals surface area contributed by atoms with Crippen molar-refractivity contribution in [2.75, 3.05) is 0 Å². The maximum Gasteiger partial charge on any atom is 0.338 e. The summed E-state index contributed by atoms with van der Waals surface area (Å²) in [5, 5.41) is 16.0. The highest BCUT2D eigenvalue weighted by atomic mass is 16.4. The molecule has 0 unspecified atom stereocenters. The molecule has 0 aromatic heterocycles. The van der Waals surface area contributed by atoms with Gasteiger partial charge >= 0.3 is 11.9 Å². The predicted molar refractivity (Wildman–Crippen MR) is 64.1 cm³/mol. The first-order valence-corrected chi connectivity index (χ1v) is 5.11. The molecule has 0 spiro atoms. The Bertz CT molecular complexity index is 342. The number of carbonyl (C=O) groups is 4. The number of hydrogen-bond donors (Lipinski definition) is 2. The molecule has 0 saturated carbocycles. The van der Waals surface area contributed by atoms with Gasteiger partial charge in [-0.25, -0.2) is 9.59 Å². The van der Waals surface area contributed by atoms with Gasteiger partial charge in [-0.15, -0.1) is 0 Å². The van der Waals surface area contributed by atoms with Gasteiger partial charge in [0.05, 0.1) is 5.57 Å². The molecule has 18 heavy (non-hydrogen) atoms. The molecule has 0 aromatic carbocycles. The Morgan fingerprint density at radius 3 is 1.94 bits per heavy atom. The van der Waals surface area contributed by atoms with Gasteiger partial charge in [-0.1, -0.05) is 13.2 Å². The minimum absolute atomic E-state index is 0.152. The highest BCUT2D eigenvalue weighted by Crippen LogP contribution is 2.04. The third-order valence-corrected chi connectivity index (χ3v) is 1.75. The first-order chi connectivity index (χ1) is 8.36. The van der Waals surface area contributed by atoms with Crippen molar-refractivity contribution in [3.05, 3.63) is 24.8 Å². The van der Waals surface area contributed by atoms with E-state index in [1.165, 1.54) is 0 Å². The first kappa shape index (κ1) is 18.1. The van der Waals surface area contributed by atoms with Crippen LogP contribution >= 0.6 is 0 Å². The molecule has 0 heterocycles. The van der Waals surface area contributed by atoms with Crippen molar-refractivity contribution in [1.29, 1.82) is 0 Å². The van der Waals surface area contributed by atoms with Crippen LogP contribution in [0, 0.1) is 0 Å². The van der Waals surface area contributed by atoms with Crippen molar-refractivity contribution >= 4 is 24.0 Å². The second-order valence-corrected chi connectivity index (χ2v) is 3.16. The quantitative estimate of drug-likeness (QED) is 0.222. The second-order valence-electron chi connectivity index (χ2n) is 3.16. The molecule has 0 bridgehead atoms. The van der Waals surface area contributed by atoms with E-state index in [0.29, 0.717) is 19.3 Å². The molecule has 0 aliphatic carbocycles. The fourth-order valence-corrected chi connectivity index (χ4v) is 0.783. The fourth-order valence-electron chi connectivity index (χ4n) is 0.783. The van der Waals surface area contributed by atoms with Crippen molar-refractivity contribution in [3.63, 3.8) is 0 Å². The lowest BCUT2D eigenvalue weighted by molar-refractivity contribution is -0.135. The molecule has 6 heteroatoms. The van der Waals surface area contributed by atoms with Gasteiger partial charge in [-0.2, -0.15) is 0 Å². The summed E-state index contributed by atoms with van der Waals surface area (Å²) in [6, 6.07) is 0. The van der Waals surface area contributed by atoms with Crippen LogP contribution in [0.1, 0.15) is 25.7 Å². The summed E-state index contributed by atoms with van der Waals surface area (Å²) in [6.07, 6.45) is 3.31. The number of aliphatic carboxylic acids is 2. The molecule has 0 aliphatic rings. The number of rotatable bonds is 8. The predicted octanol–water partition coefficient (Wildman–Crippen LogP) is 1.21. The third kappa shape index (κ3) is 11.8. The van der Waals surface area contributed by atoms with Gasteiger partial charge in [0.25, 0.3) is 0 Å². The zero-order valence-corrected chi connectivity index (χ0v) is 9.92. The van der Waals surface area contributed by atoms with Crippen LogP contribution in [0.15, 0.2) is 24.8 Å². The molecule has 0 saturated heterocycles. The lowest BCUT2D eigenvalue weighted by Gasteiger charge is -1.98. The van der Waals surface area contributed by atoms with Gasteiger partial charge in [0.2, 0.25) is 0 Å². The highest BCUT2D eigenvalue weighted by molar-refractivity contribution is 6.15. The summed E-state index contributed by atoms with van der Waals surface area (Å²) in [4.78, 5) is 40.4. The molecular formula is C12H16O6. The Balaban J connectivity index is 0. The van der Waals surface area contributed by atoms with Gasteiger partial charge in [-0.3, -0.25) is 4.79 Å². The lowest BCUT2D eigenvalue weighted by atomic mass is 10.1. The Hall–Kier alpha value is -2.24. The minimum atomic E-state index is -1.28. The smallest absolute Gasteiger partial charge is 0.338 e. The zero-order valence-electron chi connectivity index (χ0n) is 9.92. The van der Waals surface area contributed by atoms with Crippen LogP contribution in [-0.2, 0) is 19.2 Å². The number of ketones is 1. The third-order valence-electron chi connectivity index (χ3n) is 1.75. The number of unbranched alkanes of at least 4 members (excludes halogenated alkanes) is 2. The van der Waals surface area contributed by atoms with E-state index in [0.717, 1.165) is 12.4 Å². The fraction of sp³-hybridized carbons (Fsp3) is 0.333. The molecule has 100 valence electrons. The molecule has 0 aliphatic heterocycles. The van der Waals surface area contributed by atoms with Crippen molar-refractivity contribution < 1.29 is 29.4 Å². The van der Waals surface area contributed by atoms with E-state index in [1.807, 2.05) is 0 Å². The van der Waals surface area contributed by atoms with Crippen molar-refractivity contribution in [2.45, 2.75) is 25.7 Å². The van der Waals surface area contributed by atoms with Gasteiger partial charge in [0.15, 0.2) is 5.78 Å². The van der Waals surface area contributed by atoms with E-state index in [4.69, 9.17) is 10.2 Å². The summed E-state index contributed by atoms with van der Waals surface area (Å²) in [5.74, 6) is -2.72. The van der Waals surface area contributed by atoms with Gasteiger partial charge in [0, 0.05) is 18.9 Å². The molecule has 0 amide bonds. The number of hydrogen-bond acceptors (Lipinski definition) is 4. The second kappa shape index (κ2) is 11.3. The van der Waals surface area contributed by atoms with Gasteiger partial charge in [-0.05, 0) is 12.8 Å². The molecule has 0 aromatic rings. The van der Waals surface area contributed by atoms with E-state index in [9.17, 15) is 19.2 Å². The Kier molecular flexibility index (Phi) is 11.3. The summed E-state index contributed by atoms with van der Waals surface area (Å²) in [5.41, 5.74) is -0.383. The molecule has 0 rings (SSSR count). The largest absolute Gasteiger partial charge is 0.478 e. The summed E-state index contributed by atoms with van der Waals surface area (Å²) >= 11 is 0. The van der Waals surface area contributed by atoms with Gasteiger partial charge in [0.1, 0.15) is 6.29 Å².